The maximum atomic E-state index is 13.5. The summed E-state index contributed by atoms with van der Waals surface area (Å²) in [5.41, 5.74) is -0.621. The Morgan fingerprint density at radius 2 is 2.11 bits per heavy atom. The molecule has 98 valence electrons. The van der Waals surface area contributed by atoms with Gasteiger partial charge in [-0.25, -0.2) is 0 Å². The van der Waals surface area contributed by atoms with Crippen LogP contribution in [0.5, 0.6) is 5.75 Å². The first kappa shape index (κ1) is 13.2. The summed E-state index contributed by atoms with van der Waals surface area (Å²) in [4.78, 5) is 10.1. The van der Waals surface area contributed by atoms with Crippen LogP contribution in [0.2, 0.25) is 0 Å². The van der Waals surface area contributed by atoms with Crippen molar-refractivity contribution < 1.29 is 18.8 Å². The van der Waals surface area contributed by atoms with Crippen LogP contribution in [0.25, 0.3) is 0 Å². The minimum Gasteiger partial charge on any atom is -0.483 e. The molecule has 0 N–H and O–H groups in total. The van der Waals surface area contributed by atoms with Crippen molar-refractivity contribution in [3.63, 3.8) is 0 Å². The van der Waals surface area contributed by atoms with Crippen LogP contribution in [0.4, 0.5) is 10.1 Å². The average molecular weight is 320 g/mol. The number of hydrogen-bond acceptors (Lipinski definition) is 4. The predicted octanol–water partition coefficient (Wildman–Crippen LogP) is 3.05. The summed E-state index contributed by atoms with van der Waals surface area (Å²) in [7, 11) is 0. The molecule has 0 amide bonds. The average Bonchev–Trinajstić information content (AvgIpc) is 2.28. The van der Waals surface area contributed by atoms with E-state index in [0.29, 0.717) is 30.5 Å². The third-order valence-corrected chi connectivity index (χ3v) is 3.10. The van der Waals surface area contributed by atoms with E-state index in [1.54, 1.807) is 0 Å². The highest BCUT2D eigenvalue weighted by atomic mass is 79.9. The van der Waals surface area contributed by atoms with Gasteiger partial charge in [0, 0.05) is 23.4 Å². The van der Waals surface area contributed by atoms with Crippen LogP contribution in [0, 0.1) is 15.9 Å². The lowest BCUT2D eigenvalue weighted by molar-refractivity contribution is -0.388. The maximum Gasteiger partial charge on any atom is 0.346 e. The highest BCUT2D eigenvalue weighted by Crippen LogP contribution is 2.34. The lowest BCUT2D eigenvalue weighted by Crippen LogP contribution is -2.26. The van der Waals surface area contributed by atoms with Gasteiger partial charge in [-0.15, -0.1) is 0 Å². The van der Waals surface area contributed by atoms with Crippen LogP contribution >= 0.6 is 15.9 Å². The van der Waals surface area contributed by atoms with Crippen LogP contribution < -0.4 is 4.74 Å². The molecule has 1 aliphatic rings. The fourth-order valence-electron chi connectivity index (χ4n) is 1.78. The molecule has 1 saturated heterocycles. The molecule has 2 rings (SSSR count). The zero-order valence-corrected chi connectivity index (χ0v) is 11.0. The first-order valence-electron chi connectivity index (χ1n) is 5.46. The van der Waals surface area contributed by atoms with Crippen LogP contribution in [0.3, 0.4) is 0 Å². The summed E-state index contributed by atoms with van der Waals surface area (Å²) in [6, 6.07) is 2.46. The number of rotatable bonds is 3. The zero-order chi connectivity index (χ0) is 13.1. The van der Waals surface area contributed by atoms with Gasteiger partial charge in [-0.3, -0.25) is 10.1 Å². The highest BCUT2D eigenvalue weighted by molar-refractivity contribution is 9.10. The molecule has 0 aliphatic carbocycles. The van der Waals surface area contributed by atoms with Crippen molar-refractivity contribution in [3.05, 3.63) is 32.5 Å². The van der Waals surface area contributed by atoms with Gasteiger partial charge in [0.15, 0.2) is 0 Å². The van der Waals surface area contributed by atoms with Crippen molar-refractivity contribution in [1.82, 2.24) is 0 Å². The first-order valence-corrected chi connectivity index (χ1v) is 6.25. The predicted molar refractivity (Wildman–Crippen MR) is 65.2 cm³/mol. The molecular formula is C11H11BrFNO4. The number of ether oxygens (including phenoxy) is 2. The monoisotopic (exact) mass is 319 g/mol. The molecule has 0 bridgehead atoms. The SMILES string of the molecule is O=[N+]([O-])c1c(F)cc(Br)cc1OC1CCOCC1. The topological polar surface area (TPSA) is 61.6 Å². The maximum absolute atomic E-state index is 13.5. The Kier molecular flexibility index (Phi) is 4.13. The number of nitro groups is 1. The number of halogens is 2. The molecule has 1 fully saturated rings. The minimum atomic E-state index is -0.906. The molecule has 1 aromatic carbocycles. The third kappa shape index (κ3) is 2.97. The minimum absolute atomic E-state index is 0.0428. The van der Waals surface area contributed by atoms with E-state index in [4.69, 9.17) is 9.47 Å². The fraction of sp³-hybridized carbons (Fsp3) is 0.455. The Morgan fingerprint density at radius 1 is 1.44 bits per heavy atom. The second kappa shape index (κ2) is 5.62. The van der Waals surface area contributed by atoms with E-state index in [-0.39, 0.29) is 11.9 Å². The quantitative estimate of drug-likeness (QED) is 0.634. The van der Waals surface area contributed by atoms with Crippen molar-refractivity contribution in [2.75, 3.05) is 13.2 Å². The molecule has 0 atom stereocenters. The third-order valence-electron chi connectivity index (χ3n) is 2.64. The second-order valence-corrected chi connectivity index (χ2v) is 4.84. The molecule has 0 aromatic heterocycles. The number of nitrogens with zero attached hydrogens (tertiary/aromatic N) is 1. The summed E-state index contributed by atoms with van der Waals surface area (Å²) >= 11 is 3.09. The summed E-state index contributed by atoms with van der Waals surface area (Å²) in [6.45, 7) is 1.10. The molecule has 0 saturated carbocycles. The van der Waals surface area contributed by atoms with E-state index in [9.17, 15) is 14.5 Å². The van der Waals surface area contributed by atoms with Gasteiger partial charge in [0.05, 0.1) is 18.1 Å². The summed E-state index contributed by atoms with van der Waals surface area (Å²) in [5, 5.41) is 10.8. The Hall–Kier alpha value is -1.21. The molecule has 0 unspecified atom stereocenters. The number of nitro benzene ring substituents is 1. The van der Waals surface area contributed by atoms with Crippen LogP contribution in [-0.4, -0.2) is 24.2 Å². The van der Waals surface area contributed by atoms with E-state index in [2.05, 4.69) is 15.9 Å². The van der Waals surface area contributed by atoms with Crippen LogP contribution in [0.1, 0.15) is 12.8 Å². The van der Waals surface area contributed by atoms with Crippen LogP contribution in [-0.2, 0) is 4.74 Å². The summed E-state index contributed by atoms with van der Waals surface area (Å²) < 4.78 is 24.6. The van der Waals surface area contributed by atoms with Gasteiger partial charge in [0.25, 0.3) is 0 Å². The van der Waals surface area contributed by atoms with Crippen molar-refractivity contribution in [3.8, 4) is 5.75 Å². The highest BCUT2D eigenvalue weighted by Gasteiger charge is 2.26. The van der Waals surface area contributed by atoms with Crippen molar-refractivity contribution >= 4 is 21.6 Å². The number of benzene rings is 1. The van der Waals surface area contributed by atoms with Crippen molar-refractivity contribution in [1.29, 1.82) is 0 Å². The van der Waals surface area contributed by atoms with E-state index in [1.165, 1.54) is 6.07 Å². The van der Waals surface area contributed by atoms with Gasteiger partial charge in [0.2, 0.25) is 11.6 Å². The van der Waals surface area contributed by atoms with E-state index in [0.717, 1.165) is 6.07 Å². The lowest BCUT2D eigenvalue weighted by atomic mass is 10.1. The zero-order valence-electron chi connectivity index (χ0n) is 9.40. The number of hydrogen-bond donors (Lipinski definition) is 0. The van der Waals surface area contributed by atoms with Gasteiger partial charge in [-0.1, -0.05) is 15.9 Å². The standard InChI is InChI=1S/C11H11BrFNO4/c12-7-5-9(13)11(14(15)16)10(6-7)18-8-1-3-17-4-2-8/h5-6,8H,1-4H2. The smallest absolute Gasteiger partial charge is 0.346 e. The molecule has 0 radical (unpaired) electrons. The summed E-state index contributed by atoms with van der Waals surface area (Å²) in [5.74, 6) is -0.949. The molecule has 1 heterocycles. The largest absolute Gasteiger partial charge is 0.483 e. The van der Waals surface area contributed by atoms with Gasteiger partial charge >= 0.3 is 5.69 Å². The molecule has 1 aliphatic heterocycles. The Bertz CT molecular complexity index is 463. The Balaban J connectivity index is 2.27. The molecule has 1 aromatic rings. The molecule has 18 heavy (non-hydrogen) atoms. The van der Waals surface area contributed by atoms with E-state index >= 15 is 0 Å². The van der Waals surface area contributed by atoms with Crippen molar-refractivity contribution in [2.24, 2.45) is 0 Å². The van der Waals surface area contributed by atoms with Gasteiger partial charge in [-0.2, -0.15) is 4.39 Å². The normalized spacial score (nSPS) is 16.6. The molecule has 7 heteroatoms. The first-order chi connectivity index (χ1) is 8.58. The Morgan fingerprint density at radius 3 is 2.72 bits per heavy atom. The van der Waals surface area contributed by atoms with Gasteiger partial charge in [0.1, 0.15) is 6.10 Å². The van der Waals surface area contributed by atoms with E-state index in [1.807, 2.05) is 0 Å². The molecular weight excluding hydrogens is 309 g/mol. The van der Waals surface area contributed by atoms with Crippen LogP contribution in [0.15, 0.2) is 16.6 Å². The summed E-state index contributed by atoms with van der Waals surface area (Å²) in [6.07, 6.45) is 1.11. The van der Waals surface area contributed by atoms with E-state index < -0.39 is 16.4 Å². The Labute approximate surface area is 111 Å². The van der Waals surface area contributed by atoms with Crippen molar-refractivity contribution in [2.45, 2.75) is 18.9 Å². The fourth-order valence-corrected chi connectivity index (χ4v) is 2.19. The van der Waals surface area contributed by atoms with Gasteiger partial charge in [-0.05, 0) is 6.07 Å². The molecule has 5 nitrogen and oxygen atoms in total. The lowest BCUT2D eigenvalue weighted by Gasteiger charge is -2.23. The molecule has 0 spiro atoms. The second-order valence-electron chi connectivity index (χ2n) is 3.92. The van der Waals surface area contributed by atoms with Gasteiger partial charge < -0.3 is 9.47 Å².